The van der Waals surface area contributed by atoms with E-state index in [0.717, 1.165) is 6.07 Å². The van der Waals surface area contributed by atoms with E-state index in [1.54, 1.807) is 0 Å². The highest BCUT2D eigenvalue weighted by atomic mass is 35.5. The second-order valence-corrected chi connectivity index (χ2v) is 4.15. The third-order valence-electron chi connectivity index (χ3n) is 1.25. The molecule has 0 saturated carbocycles. The Labute approximate surface area is 90.3 Å². The molecule has 0 aromatic heterocycles. The zero-order chi connectivity index (χ0) is 10.9. The van der Waals surface area contributed by atoms with Crippen LogP contribution in [0.25, 0.3) is 0 Å². The van der Waals surface area contributed by atoms with Crippen molar-refractivity contribution >= 4 is 39.3 Å². The van der Waals surface area contributed by atoms with Crippen molar-refractivity contribution in [1.29, 1.82) is 0 Å². The number of nitrogens with two attached hydrogens (primary N) is 1. The highest BCUT2D eigenvalue weighted by molar-refractivity contribution is 7.81. The van der Waals surface area contributed by atoms with E-state index < -0.39 is 10.4 Å². The molecule has 1 rings (SSSR count). The molecule has 0 amide bonds. The smallest absolute Gasteiger partial charge is 0.397 e. The fraction of sp³-hybridized carbons (Fsp3) is 0. The number of benzene rings is 1. The SMILES string of the molecule is Nc1cc(Cl)c(OS(=O)(=O)O)cc1Cl. The molecule has 0 aliphatic heterocycles. The standard InChI is InChI=1S/C6H5Cl2NO4S/c7-3-2-6(13-14(10,11)12)4(8)1-5(3)9/h1-2H,9H2,(H,10,11,12). The number of anilines is 1. The molecule has 14 heavy (non-hydrogen) atoms. The van der Waals surface area contributed by atoms with Crippen LogP contribution >= 0.6 is 23.2 Å². The van der Waals surface area contributed by atoms with Crippen molar-refractivity contribution in [1.82, 2.24) is 0 Å². The van der Waals surface area contributed by atoms with Crippen LogP contribution in [0.1, 0.15) is 0 Å². The van der Waals surface area contributed by atoms with E-state index in [1.165, 1.54) is 6.07 Å². The molecular formula is C6H5Cl2NO4S. The van der Waals surface area contributed by atoms with Gasteiger partial charge in [-0.05, 0) is 6.07 Å². The van der Waals surface area contributed by atoms with E-state index in [0.29, 0.717) is 0 Å². The van der Waals surface area contributed by atoms with Gasteiger partial charge in [0.25, 0.3) is 0 Å². The highest BCUT2D eigenvalue weighted by Gasteiger charge is 2.12. The van der Waals surface area contributed by atoms with Crippen LogP contribution in [0.2, 0.25) is 10.0 Å². The maximum absolute atomic E-state index is 10.3. The van der Waals surface area contributed by atoms with Crippen molar-refractivity contribution in [2.45, 2.75) is 0 Å². The van der Waals surface area contributed by atoms with Crippen LogP contribution < -0.4 is 9.92 Å². The molecule has 0 heterocycles. The minimum Gasteiger partial charge on any atom is -0.397 e. The van der Waals surface area contributed by atoms with Crippen molar-refractivity contribution in [3.63, 3.8) is 0 Å². The van der Waals surface area contributed by atoms with Crippen molar-refractivity contribution in [3.05, 3.63) is 22.2 Å². The first-order valence-corrected chi connectivity index (χ1v) is 5.33. The fourth-order valence-corrected chi connectivity index (χ4v) is 1.50. The summed E-state index contributed by atoms with van der Waals surface area (Å²) in [6, 6.07) is 2.30. The molecule has 0 aliphatic carbocycles. The molecule has 8 heteroatoms. The zero-order valence-electron chi connectivity index (χ0n) is 6.57. The predicted molar refractivity (Wildman–Crippen MR) is 53.1 cm³/mol. The number of halogens is 2. The van der Waals surface area contributed by atoms with E-state index in [1.807, 2.05) is 0 Å². The minimum absolute atomic E-state index is 0.0653. The van der Waals surface area contributed by atoms with Crippen molar-refractivity contribution in [2.24, 2.45) is 0 Å². The first kappa shape index (κ1) is 11.4. The number of rotatable bonds is 2. The maximum Gasteiger partial charge on any atom is 0.446 e. The molecule has 0 aliphatic rings. The Morgan fingerprint density at radius 1 is 1.29 bits per heavy atom. The summed E-state index contributed by atoms with van der Waals surface area (Å²) in [5, 5.41) is 0.0116. The molecule has 0 spiro atoms. The number of nitrogen functional groups attached to an aromatic ring is 1. The predicted octanol–water partition coefficient (Wildman–Crippen LogP) is 1.76. The molecular weight excluding hydrogens is 253 g/mol. The summed E-state index contributed by atoms with van der Waals surface area (Å²) in [6.07, 6.45) is 0. The lowest BCUT2D eigenvalue weighted by Crippen LogP contribution is -2.07. The Morgan fingerprint density at radius 2 is 1.86 bits per heavy atom. The fourth-order valence-electron chi connectivity index (χ4n) is 0.721. The van der Waals surface area contributed by atoms with Gasteiger partial charge in [-0.15, -0.1) is 0 Å². The average Bonchev–Trinajstić information content (AvgIpc) is 1.97. The molecule has 0 fully saturated rings. The van der Waals surface area contributed by atoms with Gasteiger partial charge in [0.05, 0.1) is 15.7 Å². The third-order valence-corrected chi connectivity index (χ3v) is 2.26. The average molecular weight is 258 g/mol. The van der Waals surface area contributed by atoms with Crippen LogP contribution in [0.3, 0.4) is 0 Å². The van der Waals surface area contributed by atoms with E-state index in [2.05, 4.69) is 4.18 Å². The monoisotopic (exact) mass is 257 g/mol. The lowest BCUT2D eigenvalue weighted by Gasteiger charge is -2.05. The van der Waals surface area contributed by atoms with Gasteiger partial charge in [0.2, 0.25) is 0 Å². The first-order valence-electron chi connectivity index (χ1n) is 3.21. The van der Waals surface area contributed by atoms with Crippen LogP contribution in [0.15, 0.2) is 12.1 Å². The summed E-state index contributed by atoms with van der Waals surface area (Å²) in [5.74, 6) is -0.284. The second-order valence-electron chi connectivity index (χ2n) is 2.32. The van der Waals surface area contributed by atoms with Crippen molar-refractivity contribution < 1.29 is 17.2 Å². The van der Waals surface area contributed by atoms with Crippen LogP contribution in [0.4, 0.5) is 5.69 Å². The zero-order valence-corrected chi connectivity index (χ0v) is 8.90. The summed E-state index contributed by atoms with van der Waals surface area (Å²) >= 11 is 11.1. The molecule has 1 aromatic rings. The normalized spacial score (nSPS) is 11.4. The summed E-state index contributed by atoms with van der Waals surface area (Å²) in [5.41, 5.74) is 5.55. The van der Waals surface area contributed by atoms with Gasteiger partial charge in [-0.25, -0.2) is 0 Å². The van der Waals surface area contributed by atoms with Crippen molar-refractivity contribution in [3.8, 4) is 5.75 Å². The van der Waals surface area contributed by atoms with E-state index in [-0.39, 0.29) is 21.5 Å². The van der Waals surface area contributed by atoms with E-state index in [4.69, 9.17) is 33.5 Å². The Bertz CT molecular complexity index is 459. The first-order chi connectivity index (χ1) is 6.29. The minimum atomic E-state index is -4.61. The molecule has 0 atom stereocenters. The number of hydrogen-bond donors (Lipinski definition) is 2. The van der Waals surface area contributed by atoms with Crippen molar-refractivity contribution in [2.75, 3.05) is 5.73 Å². The Kier molecular flexibility index (Phi) is 3.10. The Balaban J connectivity index is 3.17. The van der Waals surface area contributed by atoms with Gasteiger partial charge in [-0.1, -0.05) is 23.2 Å². The van der Waals surface area contributed by atoms with Gasteiger partial charge in [-0.2, -0.15) is 8.42 Å². The molecule has 3 N–H and O–H groups in total. The topological polar surface area (TPSA) is 89.6 Å². The van der Waals surface area contributed by atoms with Crippen LogP contribution in [-0.4, -0.2) is 13.0 Å². The second kappa shape index (κ2) is 3.82. The summed E-state index contributed by atoms with van der Waals surface area (Å²) in [7, 11) is -4.61. The quantitative estimate of drug-likeness (QED) is 0.623. The molecule has 0 bridgehead atoms. The van der Waals surface area contributed by atoms with Gasteiger partial charge >= 0.3 is 10.4 Å². The van der Waals surface area contributed by atoms with Crippen LogP contribution in [-0.2, 0) is 10.4 Å². The van der Waals surface area contributed by atoms with Crippen LogP contribution in [0, 0.1) is 0 Å². The number of hydrogen-bond acceptors (Lipinski definition) is 4. The summed E-state index contributed by atoms with van der Waals surface area (Å²) in [6.45, 7) is 0. The van der Waals surface area contributed by atoms with E-state index in [9.17, 15) is 8.42 Å². The molecule has 1 aromatic carbocycles. The summed E-state index contributed by atoms with van der Waals surface area (Å²) in [4.78, 5) is 0. The van der Waals surface area contributed by atoms with Crippen LogP contribution in [0.5, 0.6) is 5.75 Å². The van der Waals surface area contributed by atoms with Gasteiger partial charge in [0.1, 0.15) is 0 Å². The highest BCUT2D eigenvalue weighted by Crippen LogP contribution is 2.33. The van der Waals surface area contributed by atoms with Gasteiger partial charge in [0.15, 0.2) is 5.75 Å². The molecule has 78 valence electrons. The largest absolute Gasteiger partial charge is 0.446 e. The molecule has 0 radical (unpaired) electrons. The maximum atomic E-state index is 10.3. The summed E-state index contributed by atoms with van der Waals surface area (Å²) < 4.78 is 33.2. The molecule has 5 nitrogen and oxygen atoms in total. The lowest BCUT2D eigenvalue weighted by atomic mass is 10.3. The Morgan fingerprint density at radius 3 is 2.36 bits per heavy atom. The Hall–Kier alpha value is -0.690. The molecule has 0 unspecified atom stereocenters. The van der Waals surface area contributed by atoms with Gasteiger partial charge in [0, 0.05) is 6.07 Å². The van der Waals surface area contributed by atoms with Gasteiger partial charge in [-0.3, -0.25) is 4.55 Å². The third kappa shape index (κ3) is 2.91. The van der Waals surface area contributed by atoms with E-state index >= 15 is 0 Å². The lowest BCUT2D eigenvalue weighted by molar-refractivity contribution is 0.387. The molecule has 0 saturated heterocycles. The van der Waals surface area contributed by atoms with Gasteiger partial charge < -0.3 is 9.92 Å².